The Kier molecular flexibility index (Phi) is 10.6. The molecule has 2 aromatic carbocycles. The molecule has 8 nitrogen and oxygen atoms in total. The number of halogens is 2. The van der Waals surface area contributed by atoms with Crippen molar-refractivity contribution in [2.75, 3.05) is 11.9 Å². The first-order valence-corrected chi connectivity index (χ1v) is 13.5. The summed E-state index contributed by atoms with van der Waals surface area (Å²) in [7, 11) is 0. The summed E-state index contributed by atoms with van der Waals surface area (Å²) >= 11 is 12.2. The van der Waals surface area contributed by atoms with Gasteiger partial charge in [0.15, 0.2) is 0 Å². The summed E-state index contributed by atoms with van der Waals surface area (Å²) in [5.74, 6) is -1.86. The van der Waals surface area contributed by atoms with E-state index in [0.29, 0.717) is 24.2 Å². The van der Waals surface area contributed by atoms with Crippen LogP contribution in [0.15, 0.2) is 42.5 Å². The number of aliphatic carboxylic acids is 1. The van der Waals surface area contributed by atoms with Crippen molar-refractivity contribution >= 4 is 52.6 Å². The van der Waals surface area contributed by atoms with Gasteiger partial charge in [0.25, 0.3) is 5.91 Å². The van der Waals surface area contributed by atoms with Gasteiger partial charge in [-0.1, -0.05) is 60.7 Å². The van der Waals surface area contributed by atoms with E-state index in [1.165, 1.54) is 6.92 Å². The maximum absolute atomic E-state index is 13.3. The zero-order valence-electron chi connectivity index (χ0n) is 21.3. The molecule has 38 heavy (non-hydrogen) atoms. The summed E-state index contributed by atoms with van der Waals surface area (Å²) in [6.45, 7) is 2.03. The predicted molar refractivity (Wildman–Crippen MR) is 148 cm³/mol. The van der Waals surface area contributed by atoms with Gasteiger partial charge in [-0.2, -0.15) is 0 Å². The Morgan fingerprint density at radius 3 is 2.18 bits per heavy atom. The lowest BCUT2D eigenvalue weighted by Gasteiger charge is -2.29. The van der Waals surface area contributed by atoms with Crippen LogP contribution in [0.25, 0.3) is 0 Å². The second-order valence-electron chi connectivity index (χ2n) is 9.74. The van der Waals surface area contributed by atoms with Crippen LogP contribution in [0.4, 0.5) is 5.69 Å². The van der Waals surface area contributed by atoms with E-state index in [0.717, 1.165) is 38.5 Å². The zero-order chi connectivity index (χ0) is 27.7. The molecule has 2 aromatic rings. The third-order valence-electron chi connectivity index (χ3n) is 6.94. The van der Waals surface area contributed by atoms with Crippen molar-refractivity contribution < 1.29 is 24.3 Å². The lowest BCUT2D eigenvalue weighted by molar-refractivity contribution is -0.144. The van der Waals surface area contributed by atoms with Gasteiger partial charge in [0, 0.05) is 31.0 Å². The topological polar surface area (TPSA) is 125 Å². The second-order valence-corrected chi connectivity index (χ2v) is 10.6. The summed E-state index contributed by atoms with van der Waals surface area (Å²) in [6.07, 6.45) is 5.64. The van der Waals surface area contributed by atoms with Crippen molar-refractivity contribution in [3.05, 3.63) is 63.6 Å². The van der Waals surface area contributed by atoms with Gasteiger partial charge in [-0.05, 0) is 55.5 Å². The Morgan fingerprint density at radius 1 is 0.974 bits per heavy atom. The average Bonchev–Trinajstić information content (AvgIpc) is 3.34. The minimum atomic E-state index is -1.11. The molecule has 1 aliphatic carbocycles. The van der Waals surface area contributed by atoms with Gasteiger partial charge in [0.2, 0.25) is 11.8 Å². The smallest absolute Gasteiger partial charge is 0.326 e. The van der Waals surface area contributed by atoms with Crippen molar-refractivity contribution in [3.63, 3.8) is 0 Å². The Balaban J connectivity index is 1.60. The number of unbranched alkanes of at least 4 members (excludes halogenated alkanes) is 1. The number of carbonyl (C=O) groups excluding carboxylic acids is 3. The third kappa shape index (κ3) is 7.95. The molecule has 0 heterocycles. The molecule has 1 atom stereocenters. The summed E-state index contributed by atoms with van der Waals surface area (Å²) in [4.78, 5) is 49.0. The summed E-state index contributed by atoms with van der Waals surface area (Å²) in [5, 5.41) is 18.6. The first-order valence-electron chi connectivity index (χ1n) is 12.7. The highest BCUT2D eigenvalue weighted by Gasteiger charge is 2.41. The molecule has 1 fully saturated rings. The van der Waals surface area contributed by atoms with E-state index >= 15 is 0 Å². The standard InChI is InChI=1S/C28H33Cl2N3O5/c1-18(34)31-16-5-4-15-28(13-2-3-14-28)27(38)33-23(26(36)37)17-19-9-11-20(12-10-19)32-25(35)24-21(29)7-6-8-22(24)30/h6-12,23H,2-5,13-17H2,1H3,(H,31,34)(H,32,35)(H,33,38)(H,36,37)/t23-/m0/s1. The van der Waals surface area contributed by atoms with Crippen molar-refractivity contribution in [3.8, 4) is 0 Å². The van der Waals surface area contributed by atoms with Crippen LogP contribution in [0.5, 0.6) is 0 Å². The van der Waals surface area contributed by atoms with Crippen molar-refractivity contribution in [1.82, 2.24) is 10.6 Å². The number of benzene rings is 2. The number of carbonyl (C=O) groups is 4. The molecule has 0 unspecified atom stereocenters. The molecule has 3 amide bonds. The van der Waals surface area contributed by atoms with Crippen LogP contribution in [0.2, 0.25) is 10.0 Å². The molecule has 3 rings (SSSR count). The van der Waals surface area contributed by atoms with Crippen molar-refractivity contribution in [1.29, 1.82) is 0 Å². The number of amides is 3. The summed E-state index contributed by atoms with van der Waals surface area (Å²) in [5.41, 5.74) is 0.791. The van der Waals surface area contributed by atoms with Gasteiger partial charge in [-0.3, -0.25) is 14.4 Å². The molecule has 0 aliphatic heterocycles. The Labute approximate surface area is 232 Å². The largest absolute Gasteiger partial charge is 0.480 e. The molecule has 10 heteroatoms. The normalized spacial score (nSPS) is 14.9. The quantitative estimate of drug-likeness (QED) is 0.264. The fourth-order valence-electron chi connectivity index (χ4n) is 4.87. The molecule has 0 radical (unpaired) electrons. The number of hydrogen-bond donors (Lipinski definition) is 4. The number of hydrogen-bond acceptors (Lipinski definition) is 4. The molecular weight excluding hydrogens is 529 g/mol. The fraction of sp³-hybridized carbons (Fsp3) is 0.429. The Hall–Kier alpha value is -3.10. The lowest BCUT2D eigenvalue weighted by Crippen LogP contribution is -2.48. The number of carboxylic acid groups (broad SMARTS) is 1. The average molecular weight is 562 g/mol. The van der Waals surface area contributed by atoms with E-state index in [2.05, 4.69) is 16.0 Å². The summed E-state index contributed by atoms with van der Waals surface area (Å²) in [6, 6.07) is 10.5. The van der Waals surface area contributed by atoms with Crippen LogP contribution in [-0.2, 0) is 20.8 Å². The van der Waals surface area contributed by atoms with Gasteiger partial charge in [-0.15, -0.1) is 0 Å². The first kappa shape index (κ1) is 29.5. The molecule has 1 aliphatic rings. The maximum atomic E-state index is 13.3. The highest BCUT2D eigenvalue weighted by atomic mass is 35.5. The van der Waals surface area contributed by atoms with Gasteiger partial charge >= 0.3 is 5.97 Å². The number of anilines is 1. The highest BCUT2D eigenvalue weighted by molar-refractivity contribution is 6.40. The fourth-order valence-corrected chi connectivity index (χ4v) is 5.44. The minimum Gasteiger partial charge on any atom is -0.480 e. The van der Waals surface area contributed by atoms with Gasteiger partial charge in [-0.25, -0.2) is 4.79 Å². The number of carboxylic acids is 1. The van der Waals surface area contributed by atoms with Crippen molar-refractivity contribution in [2.45, 2.75) is 64.3 Å². The van der Waals surface area contributed by atoms with Crippen LogP contribution >= 0.6 is 23.2 Å². The molecule has 0 saturated heterocycles. The van der Waals surface area contributed by atoms with Crippen LogP contribution in [-0.4, -0.2) is 41.4 Å². The highest BCUT2D eigenvalue weighted by Crippen LogP contribution is 2.42. The minimum absolute atomic E-state index is 0.0805. The Bertz CT molecular complexity index is 1140. The number of nitrogens with one attached hydrogen (secondary N) is 3. The van der Waals surface area contributed by atoms with Crippen LogP contribution < -0.4 is 16.0 Å². The van der Waals surface area contributed by atoms with Crippen LogP contribution in [0, 0.1) is 5.41 Å². The van der Waals surface area contributed by atoms with Gasteiger partial charge in [0.05, 0.1) is 15.6 Å². The van der Waals surface area contributed by atoms with Crippen LogP contribution in [0.3, 0.4) is 0 Å². The van der Waals surface area contributed by atoms with E-state index in [1.807, 2.05) is 0 Å². The van der Waals surface area contributed by atoms with E-state index < -0.39 is 23.3 Å². The molecule has 0 aromatic heterocycles. The maximum Gasteiger partial charge on any atom is 0.326 e. The molecule has 0 spiro atoms. The number of rotatable bonds is 12. The monoisotopic (exact) mass is 561 g/mol. The predicted octanol–water partition coefficient (Wildman–Crippen LogP) is 5.22. The molecule has 4 N–H and O–H groups in total. The lowest BCUT2D eigenvalue weighted by atomic mass is 9.79. The van der Waals surface area contributed by atoms with Crippen LogP contribution in [0.1, 0.15) is 67.8 Å². The van der Waals surface area contributed by atoms with Gasteiger partial charge in [0.1, 0.15) is 6.04 Å². The zero-order valence-corrected chi connectivity index (χ0v) is 22.8. The first-order chi connectivity index (χ1) is 18.1. The second kappa shape index (κ2) is 13.6. The van der Waals surface area contributed by atoms with Crippen molar-refractivity contribution in [2.24, 2.45) is 5.41 Å². The van der Waals surface area contributed by atoms with E-state index in [1.54, 1.807) is 42.5 Å². The molecular formula is C28H33Cl2N3O5. The SMILES string of the molecule is CC(=O)NCCCCC1(C(=O)N[C@@H](Cc2ccc(NC(=O)c3c(Cl)cccc3Cl)cc2)C(=O)O)CCCC1. The van der Waals surface area contributed by atoms with E-state index in [9.17, 15) is 24.3 Å². The summed E-state index contributed by atoms with van der Waals surface area (Å²) < 4.78 is 0. The molecule has 0 bridgehead atoms. The molecule has 204 valence electrons. The molecule has 1 saturated carbocycles. The third-order valence-corrected chi connectivity index (χ3v) is 7.57. The van der Waals surface area contributed by atoms with E-state index in [-0.39, 0.29) is 33.8 Å². The Morgan fingerprint density at radius 2 is 1.61 bits per heavy atom. The van der Waals surface area contributed by atoms with E-state index in [4.69, 9.17) is 23.2 Å². The van der Waals surface area contributed by atoms with Gasteiger partial charge < -0.3 is 21.1 Å².